The van der Waals surface area contributed by atoms with Gasteiger partial charge in [-0.25, -0.2) is 0 Å². The molecule has 0 radical (unpaired) electrons. The number of fused-ring (bicyclic) bond motifs is 3. The highest BCUT2D eigenvalue weighted by Crippen LogP contribution is 2.34. The average molecular weight is 288 g/mol. The third-order valence-corrected chi connectivity index (χ3v) is 4.03. The molecule has 1 aromatic carbocycles. The van der Waals surface area contributed by atoms with Crippen molar-refractivity contribution in [3.05, 3.63) is 60.6 Å². The number of aromatic nitrogens is 2. The molecule has 0 amide bonds. The first kappa shape index (κ1) is 13.0. The molecule has 0 aliphatic carbocycles. The summed E-state index contributed by atoms with van der Waals surface area (Å²) in [5.74, 6) is 0.481. The van der Waals surface area contributed by atoms with Gasteiger partial charge in [0.05, 0.1) is 11.9 Å². The van der Waals surface area contributed by atoms with Gasteiger partial charge in [-0.1, -0.05) is 32.0 Å². The van der Waals surface area contributed by atoms with Crippen LogP contribution in [-0.4, -0.2) is 9.97 Å². The van der Waals surface area contributed by atoms with Crippen molar-refractivity contribution in [3.8, 4) is 11.3 Å². The molecule has 0 aliphatic rings. The Morgan fingerprint density at radius 3 is 2.64 bits per heavy atom. The molecular weight excluding hydrogens is 272 g/mol. The van der Waals surface area contributed by atoms with E-state index in [1.54, 1.807) is 12.4 Å². The van der Waals surface area contributed by atoms with Crippen LogP contribution in [0.4, 0.5) is 0 Å². The van der Waals surface area contributed by atoms with E-state index in [9.17, 15) is 0 Å². The second-order valence-corrected chi connectivity index (χ2v) is 5.79. The van der Waals surface area contributed by atoms with Gasteiger partial charge in [-0.3, -0.25) is 9.97 Å². The topological polar surface area (TPSA) is 38.9 Å². The molecule has 22 heavy (non-hydrogen) atoms. The van der Waals surface area contributed by atoms with E-state index in [4.69, 9.17) is 4.42 Å². The van der Waals surface area contributed by atoms with Gasteiger partial charge >= 0.3 is 0 Å². The van der Waals surface area contributed by atoms with Crippen molar-refractivity contribution < 1.29 is 4.42 Å². The van der Waals surface area contributed by atoms with E-state index < -0.39 is 0 Å². The van der Waals surface area contributed by atoms with Crippen LogP contribution in [0, 0.1) is 0 Å². The average Bonchev–Trinajstić information content (AvgIpc) is 2.93. The lowest BCUT2D eigenvalue weighted by Crippen LogP contribution is -1.90. The van der Waals surface area contributed by atoms with Gasteiger partial charge in [0.2, 0.25) is 0 Å². The summed E-state index contributed by atoms with van der Waals surface area (Å²) in [6.07, 6.45) is 5.50. The van der Waals surface area contributed by atoms with Crippen LogP contribution in [0.15, 0.2) is 59.4 Å². The molecule has 4 rings (SSSR count). The van der Waals surface area contributed by atoms with Crippen molar-refractivity contribution >= 4 is 21.9 Å². The SMILES string of the molecule is CC(C)c1ccc(-c2cccc3c2oc2cnccc23)nc1. The lowest BCUT2D eigenvalue weighted by molar-refractivity contribution is 0.667. The Kier molecular flexibility index (Phi) is 2.93. The maximum absolute atomic E-state index is 6.01. The largest absolute Gasteiger partial charge is 0.454 e. The van der Waals surface area contributed by atoms with Gasteiger partial charge in [0.25, 0.3) is 0 Å². The predicted octanol–water partition coefficient (Wildman–Crippen LogP) is 5.17. The Bertz CT molecular complexity index is 952. The summed E-state index contributed by atoms with van der Waals surface area (Å²) < 4.78 is 6.01. The van der Waals surface area contributed by atoms with Crippen molar-refractivity contribution in [1.29, 1.82) is 0 Å². The monoisotopic (exact) mass is 288 g/mol. The summed E-state index contributed by atoms with van der Waals surface area (Å²) in [6.45, 7) is 4.34. The van der Waals surface area contributed by atoms with Gasteiger partial charge in [-0.05, 0) is 29.7 Å². The maximum Gasteiger partial charge on any atom is 0.153 e. The first-order valence-electron chi connectivity index (χ1n) is 7.45. The van der Waals surface area contributed by atoms with Crippen LogP contribution >= 0.6 is 0 Å². The van der Waals surface area contributed by atoms with Crippen molar-refractivity contribution in [2.45, 2.75) is 19.8 Å². The predicted molar refractivity (Wildman–Crippen MR) is 88.8 cm³/mol. The van der Waals surface area contributed by atoms with E-state index in [2.05, 4.69) is 48.1 Å². The molecule has 3 aromatic heterocycles. The Morgan fingerprint density at radius 2 is 1.86 bits per heavy atom. The maximum atomic E-state index is 6.01. The summed E-state index contributed by atoms with van der Waals surface area (Å²) in [7, 11) is 0. The number of furan rings is 1. The number of pyridine rings is 2. The van der Waals surface area contributed by atoms with Crippen molar-refractivity contribution in [1.82, 2.24) is 9.97 Å². The van der Waals surface area contributed by atoms with Crippen molar-refractivity contribution in [3.63, 3.8) is 0 Å². The lowest BCUT2D eigenvalue weighted by Gasteiger charge is -2.06. The van der Waals surface area contributed by atoms with Gasteiger partial charge in [-0.2, -0.15) is 0 Å². The van der Waals surface area contributed by atoms with Crippen LogP contribution in [0.2, 0.25) is 0 Å². The number of rotatable bonds is 2. The third kappa shape index (κ3) is 1.98. The number of benzene rings is 1. The first-order valence-corrected chi connectivity index (χ1v) is 7.45. The zero-order chi connectivity index (χ0) is 15.1. The molecule has 3 heteroatoms. The highest BCUT2D eigenvalue weighted by molar-refractivity contribution is 6.08. The van der Waals surface area contributed by atoms with Crippen LogP contribution < -0.4 is 0 Å². The van der Waals surface area contributed by atoms with Gasteiger partial charge < -0.3 is 4.42 Å². The molecule has 4 aromatic rings. The minimum Gasteiger partial charge on any atom is -0.454 e. The summed E-state index contributed by atoms with van der Waals surface area (Å²) in [4.78, 5) is 8.75. The Hall–Kier alpha value is -2.68. The highest BCUT2D eigenvalue weighted by Gasteiger charge is 2.12. The van der Waals surface area contributed by atoms with E-state index in [0.29, 0.717) is 5.92 Å². The first-order chi connectivity index (χ1) is 10.7. The van der Waals surface area contributed by atoms with E-state index in [-0.39, 0.29) is 0 Å². The lowest BCUT2D eigenvalue weighted by atomic mass is 10.0. The number of hydrogen-bond acceptors (Lipinski definition) is 3. The van der Waals surface area contributed by atoms with Crippen LogP contribution in [0.25, 0.3) is 33.2 Å². The quantitative estimate of drug-likeness (QED) is 0.511. The summed E-state index contributed by atoms with van der Waals surface area (Å²) >= 11 is 0. The molecule has 0 atom stereocenters. The molecular formula is C19H16N2O. The summed E-state index contributed by atoms with van der Waals surface area (Å²) in [5, 5.41) is 2.19. The molecule has 3 nitrogen and oxygen atoms in total. The summed E-state index contributed by atoms with van der Waals surface area (Å²) in [6, 6.07) is 12.4. The number of nitrogens with zero attached hydrogens (tertiary/aromatic N) is 2. The van der Waals surface area contributed by atoms with Crippen LogP contribution in [0.1, 0.15) is 25.3 Å². The number of para-hydroxylation sites is 1. The van der Waals surface area contributed by atoms with Gasteiger partial charge in [0, 0.05) is 28.7 Å². The van der Waals surface area contributed by atoms with Gasteiger partial charge in [0.1, 0.15) is 5.58 Å². The van der Waals surface area contributed by atoms with Crippen LogP contribution in [0.3, 0.4) is 0 Å². The van der Waals surface area contributed by atoms with Crippen molar-refractivity contribution in [2.75, 3.05) is 0 Å². The van der Waals surface area contributed by atoms with Crippen LogP contribution in [0.5, 0.6) is 0 Å². The molecule has 3 heterocycles. The minimum atomic E-state index is 0.481. The minimum absolute atomic E-state index is 0.481. The normalized spacial score (nSPS) is 11.6. The van der Waals surface area contributed by atoms with Crippen molar-refractivity contribution in [2.24, 2.45) is 0 Å². The molecule has 0 aliphatic heterocycles. The standard InChI is InChI=1S/C19H16N2O/c1-12(2)13-6-7-17(21-10-13)16-5-3-4-15-14-8-9-20-11-18(14)22-19(15)16/h3-12H,1-2H3. The second-order valence-electron chi connectivity index (χ2n) is 5.79. The Labute approximate surface area is 128 Å². The molecule has 0 fully saturated rings. The van der Waals surface area contributed by atoms with Gasteiger partial charge in [0.15, 0.2) is 5.58 Å². The molecule has 0 bridgehead atoms. The molecule has 108 valence electrons. The summed E-state index contributed by atoms with van der Waals surface area (Å²) in [5.41, 5.74) is 4.87. The Morgan fingerprint density at radius 1 is 0.955 bits per heavy atom. The zero-order valence-corrected chi connectivity index (χ0v) is 12.6. The fourth-order valence-electron chi connectivity index (χ4n) is 2.76. The molecule has 0 saturated heterocycles. The Balaban J connectivity index is 1.94. The third-order valence-electron chi connectivity index (χ3n) is 4.03. The fourth-order valence-corrected chi connectivity index (χ4v) is 2.76. The second kappa shape index (κ2) is 4.95. The van der Waals surface area contributed by atoms with Crippen LogP contribution in [-0.2, 0) is 0 Å². The smallest absolute Gasteiger partial charge is 0.153 e. The van der Waals surface area contributed by atoms with E-state index in [1.807, 2.05) is 18.3 Å². The molecule has 0 saturated carbocycles. The van der Waals surface area contributed by atoms with Gasteiger partial charge in [-0.15, -0.1) is 0 Å². The molecule has 0 unspecified atom stereocenters. The van der Waals surface area contributed by atoms with E-state index in [1.165, 1.54) is 5.56 Å². The highest BCUT2D eigenvalue weighted by atomic mass is 16.3. The molecule has 0 spiro atoms. The van der Waals surface area contributed by atoms with E-state index in [0.717, 1.165) is 33.2 Å². The number of hydrogen-bond donors (Lipinski definition) is 0. The van der Waals surface area contributed by atoms with E-state index >= 15 is 0 Å². The fraction of sp³-hybridized carbons (Fsp3) is 0.158. The molecule has 0 N–H and O–H groups in total. The zero-order valence-electron chi connectivity index (χ0n) is 12.6.